The first kappa shape index (κ1) is 46.8. The molecule has 9 N–H and O–H groups in total. The zero-order chi connectivity index (χ0) is 45.7. The first-order valence-electron chi connectivity index (χ1n) is 25.3. The summed E-state index contributed by atoms with van der Waals surface area (Å²) in [6, 6.07) is 3.11. The lowest BCUT2D eigenvalue weighted by atomic mass is 9.56. The number of nitrogens with one attached hydrogen (secondary N) is 3. The second-order valence-electron chi connectivity index (χ2n) is 22.0. The van der Waals surface area contributed by atoms with Crippen LogP contribution in [0.1, 0.15) is 121 Å². The summed E-state index contributed by atoms with van der Waals surface area (Å²) in [4.78, 5) is 18.4. The number of piperidine rings is 1. The number of hydrogen-bond acceptors (Lipinski definition) is 14. The molecule has 66 heavy (non-hydrogen) atoms. The lowest BCUT2D eigenvalue weighted by Gasteiger charge is -2.53. The van der Waals surface area contributed by atoms with Crippen LogP contribution < -0.4 is 26.4 Å². The van der Waals surface area contributed by atoms with Gasteiger partial charge in [-0.05, 0) is 143 Å². The highest BCUT2D eigenvalue weighted by Crippen LogP contribution is 2.60. The van der Waals surface area contributed by atoms with Crippen molar-refractivity contribution in [2.24, 2.45) is 51.1 Å². The highest BCUT2D eigenvalue weighted by Gasteiger charge is 2.55. The third kappa shape index (κ3) is 9.29. The average Bonchev–Trinajstić information content (AvgIpc) is 3.67. The number of hydrogen-bond donors (Lipinski definition) is 8. The van der Waals surface area contributed by atoms with Crippen LogP contribution in [0.3, 0.4) is 0 Å². The number of carbonyl (C=O) groups is 1. The minimum absolute atomic E-state index is 0.0124. The maximum Gasteiger partial charge on any atom is 0.302 e. The Morgan fingerprint density at radius 2 is 1.92 bits per heavy atom. The van der Waals surface area contributed by atoms with Gasteiger partial charge in [-0.15, -0.1) is 0 Å². The number of phenols is 1. The highest BCUT2D eigenvalue weighted by molar-refractivity contribution is 8.76. The first-order valence-corrected chi connectivity index (χ1v) is 27.7. The zero-order valence-corrected chi connectivity index (χ0v) is 40.4. The summed E-state index contributed by atoms with van der Waals surface area (Å²) >= 11 is 0. The summed E-state index contributed by atoms with van der Waals surface area (Å²) in [5.41, 5.74) is 7.21. The summed E-state index contributed by atoms with van der Waals surface area (Å²) in [5, 5.41) is 58.6. The van der Waals surface area contributed by atoms with E-state index in [0.29, 0.717) is 54.8 Å². The van der Waals surface area contributed by atoms with Crippen LogP contribution in [0.5, 0.6) is 11.5 Å². The average molecular weight is 944 g/mol. The van der Waals surface area contributed by atoms with Crippen LogP contribution in [0.4, 0.5) is 0 Å². The van der Waals surface area contributed by atoms with Crippen molar-refractivity contribution in [3.63, 3.8) is 0 Å². The molecule has 1 aromatic rings. The normalized spacial score (nSPS) is 43.4. The van der Waals surface area contributed by atoms with Crippen LogP contribution in [0, 0.1) is 52.3 Å². The number of aliphatic hydroxyl groups is 3. The maximum atomic E-state index is 13.0. The molecule has 4 fully saturated rings. The molecule has 4 spiro atoms. The molecule has 0 amide bonds. The van der Waals surface area contributed by atoms with Gasteiger partial charge in [0.2, 0.25) is 0 Å². The Balaban J connectivity index is 1.12. The molecule has 1 aromatic carbocycles. The summed E-state index contributed by atoms with van der Waals surface area (Å²) in [6.45, 7) is 2.78. The van der Waals surface area contributed by atoms with Crippen LogP contribution in [-0.4, -0.2) is 105 Å². The number of allylic oxidation sites excluding steroid dienone is 2. The Morgan fingerprint density at radius 3 is 2.79 bits per heavy atom. The van der Waals surface area contributed by atoms with E-state index in [1.165, 1.54) is 32.6 Å². The fraction of sp³-hybridized carbons (Fsp3) is 0.731. The number of guanidine groups is 1. The number of rotatable bonds is 2. The molecule has 10 bridgehead atoms. The molecular weight excluding hydrogens is 871 g/mol. The maximum absolute atomic E-state index is 13.0. The lowest BCUT2D eigenvalue weighted by Crippen LogP contribution is -2.66. The lowest BCUT2D eigenvalue weighted by molar-refractivity contribution is -0.152. The molecule has 11 rings (SSSR count). The van der Waals surface area contributed by atoms with Gasteiger partial charge in [-0.3, -0.25) is 4.79 Å². The number of aromatic hydroxyl groups is 1. The van der Waals surface area contributed by atoms with Crippen LogP contribution in [-0.2, 0) is 22.6 Å². The fourth-order valence-electron chi connectivity index (χ4n) is 14.9. The Hall–Kier alpha value is -2.90. The van der Waals surface area contributed by atoms with Gasteiger partial charge < -0.3 is 51.6 Å². The fourth-order valence-corrected chi connectivity index (χ4v) is 17.3. The standard InChI is InChI=1S/C52H73N5O7S2/c1-32(59)63-43-24-39(60)12-16-51-15-11-35-20-33-8-10-46(52(27-33)28-40(13-17-55-52)64-44-23-36(21-41(35)43)37(29-58)22-42(44)61)54-18-19-65-66-31-50(57-48(53)56-45(51)5-2-6-47(51)62)26-34-7-9-38-4-3-14-49(38,25-34)30-50/h2,5,7,9,22-23,33-35,38-41,43,45-47,54-55,58,60-62H,3-4,6,8,10,12-14,16-21,24-31H2,1H3,(H3,53,56,57)/t33-,34+,35-,38+,39-,40-,41-,43-,45+,46-,47+,49-,50-,51-,52+/m0/s1. The predicted molar refractivity (Wildman–Crippen MR) is 261 cm³/mol. The smallest absolute Gasteiger partial charge is 0.302 e. The van der Waals surface area contributed by atoms with E-state index < -0.39 is 41.7 Å². The van der Waals surface area contributed by atoms with E-state index in [4.69, 9.17) is 20.2 Å². The Morgan fingerprint density at radius 1 is 1.03 bits per heavy atom. The number of aliphatic hydroxyl groups excluding tert-OH is 3. The highest BCUT2D eigenvalue weighted by atomic mass is 33.1. The van der Waals surface area contributed by atoms with E-state index in [1.54, 1.807) is 6.07 Å². The Bertz CT molecular complexity index is 2130. The number of phenolic OH excluding ortho intramolecular Hbond substituents is 1. The summed E-state index contributed by atoms with van der Waals surface area (Å²) in [5.74, 6) is 10.4. The summed E-state index contributed by atoms with van der Waals surface area (Å²) in [6.07, 6.45) is 20.4. The van der Waals surface area contributed by atoms with Gasteiger partial charge in [-0.2, -0.15) is 0 Å². The van der Waals surface area contributed by atoms with Gasteiger partial charge in [-0.1, -0.05) is 64.2 Å². The summed E-state index contributed by atoms with van der Waals surface area (Å²) < 4.78 is 13.1. The number of esters is 1. The molecule has 6 aliphatic carbocycles. The quantitative estimate of drug-likeness (QED) is 0.0743. The molecule has 4 aliphatic heterocycles. The van der Waals surface area contributed by atoms with E-state index >= 15 is 0 Å². The van der Waals surface area contributed by atoms with Crippen LogP contribution in [0.15, 0.2) is 41.4 Å². The van der Waals surface area contributed by atoms with Crippen molar-refractivity contribution in [3.05, 3.63) is 47.6 Å². The van der Waals surface area contributed by atoms with Crippen molar-refractivity contribution in [1.82, 2.24) is 16.0 Å². The van der Waals surface area contributed by atoms with Gasteiger partial charge in [-0.25, -0.2) is 4.99 Å². The summed E-state index contributed by atoms with van der Waals surface area (Å²) in [7, 11) is 3.89. The molecule has 0 unspecified atom stereocenters. The molecule has 10 aliphatic rings. The van der Waals surface area contributed by atoms with Gasteiger partial charge in [0.05, 0.1) is 35.8 Å². The number of benzene rings is 1. The molecule has 360 valence electrons. The number of fused-ring (bicyclic) bond motifs is 11. The second-order valence-corrected chi connectivity index (χ2v) is 24.6. The van der Waals surface area contributed by atoms with E-state index in [9.17, 15) is 25.2 Å². The van der Waals surface area contributed by atoms with Crippen molar-refractivity contribution < 1.29 is 34.7 Å². The Labute approximate surface area is 399 Å². The predicted octanol–water partition coefficient (Wildman–Crippen LogP) is 6.04. The molecule has 12 nitrogen and oxygen atoms in total. The van der Waals surface area contributed by atoms with Gasteiger partial charge in [0.15, 0.2) is 17.5 Å². The van der Waals surface area contributed by atoms with Crippen molar-refractivity contribution in [2.75, 3.05) is 24.6 Å². The third-order valence-corrected chi connectivity index (χ3v) is 20.3. The molecule has 3 saturated carbocycles. The SMILES string of the molecule is CC(=O)O[C@H]1C[C@@H](O)CC[C@@]23C#C[C@H]4C[C@@H]5CC[C@H](NCCSSC[C@@]6(C[C@@H]7C=C[C@H]8CCC[C@]8(C7)C6)NC(N)=N[C@@H]2C=CC[C@H]3O)[C@@]2(C5)C[C@H](CCN2)Oc2cc(c(CO)cc2O)C[C@H]14. The number of nitrogens with zero attached hydrogens (tertiary/aromatic N) is 1. The van der Waals surface area contributed by atoms with Gasteiger partial charge in [0.1, 0.15) is 12.2 Å². The third-order valence-electron chi connectivity index (χ3n) is 17.8. The molecule has 4 heterocycles. The number of ether oxygens (including phenoxy) is 2. The van der Waals surface area contributed by atoms with E-state index in [-0.39, 0.29) is 59.3 Å². The van der Waals surface area contributed by atoms with Crippen molar-refractivity contribution in [2.45, 2.75) is 170 Å². The van der Waals surface area contributed by atoms with E-state index in [2.05, 4.69) is 46.0 Å². The van der Waals surface area contributed by atoms with Crippen LogP contribution >= 0.6 is 21.6 Å². The molecule has 14 heteroatoms. The van der Waals surface area contributed by atoms with Crippen LogP contribution in [0.2, 0.25) is 0 Å². The molecule has 0 radical (unpaired) electrons. The second kappa shape index (κ2) is 19.1. The molecule has 15 atom stereocenters. The van der Waals surface area contributed by atoms with Crippen molar-refractivity contribution in [3.8, 4) is 23.3 Å². The number of nitrogens with two attached hydrogens (primary N) is 1. The largest absolute Gasteiger partial charge is 0.504 e. The van der Waals surface area contributed by atoms with E-state index in [0.717, 1.165) is 81.5 Å². The van der Waals surface area contributed by atoms with Crippen molar-refractivity contribution >= 4 is 33.5 Å². The molecule has 1 saturated heterocycles. The zero-order valence-electron chi connectivity index (χ0n) is 38.7. The monoisotopic (exact) mass is 943 g/mol. The van der Waals surface area contributed by atoms with E-state index in [1.807, 2.05) is 33.7 Å². The number of aliphatic imine (C=N–C) groups is 1. The minimum Gasteiger partial charge on any atom is -0.504 e. The first-order chi connectivity index (χ1) is 31.9. The minimum atomic E-state index is -1.04. The van der Waals surface area contributed by atoms with Crippen molar-refractivity contribution in [1.29, 1.82) is 0 Å². The molecular formula is C52H73N5O7S2. The molecule has 0 aromatic heterocycles. The number of carbonyl (C=O) groups excluding carboxylic acids is 1. The van der Waals surface area contributed by atoms with Gasteiger partial charge >= 0.3 is 5.97 Å². The van der Waals surface area contributed by atoms with Gasteiger partial charge in [0.25, 0.3) is 0 Å². The van der Waals surface area contributed by atoms with Crippen LogP contribution in [0.25, 0.3) is 0 Å². The Kier molecular flexibility index (Phi) is 13.6. The topological polar surface area (TPSA) is 191 Å². The van der Waals surface area contributed by atoms with Gasteiger partial charge in [0, 0.05) is 61.2 Å².